The van der Waals surface area contributed by atoms with Gasteiger partial charge in [-0.3, -0.25) is 9.59 Å². The van der Waals surface area contributed by atoms with E-state index in [2.05, 4.69) is 62.3 Å². The fourth-order valence-corrected chi connectivity index (χ4v) is 3.73. The van der Waals surface area contributed by atoms with Crippen LogP contribution in [-0.2, 0) is 28.6 Å². The third kappa shape index (κ3) is 21.0. The van der Waals surface area contributed by atoms with Gasteiger partial charge in [0, 0.05) is 0 Å². The minimum Gasteiger partial charge on any atom is -0.466 e. The van der Waals surface area contributed by atoms with Gasteiger partial charge in [0.2, 0.25) is 0 Å². The zero-order valence-corrected chi connectivity index (χ0v) is 25.3. The number of carbonyl (C=O) groups excluding carboxylic acids is 3. The second kappa shape index (κ2) is 16.4. The van der Waals surface area contributed by atoms with Crippen LogP contribution in [0.15, 0.2) is 0 Å². The Morgan fingerprint density at radius 1 is 0.514 bits per heavy atom. The Labute approximate surface area is 226 Å². The molecule has 1 N–H and O–H groups in total. The quantitative estimate of drug-likeness (QED) is 0.126. The Hall–Kier alpha value is -1.63. The minimum atomic E-state index is -2.31. The average molecular weight is 529 g/mol. The Bertz CT molecular complexity index is 640. The van der Waals surface area contributed by atoms with E-state index < -0.39 is 36.4 Å². The molecule has 0 spiro atoms. The van der Waals surface area contributed by atoms with Gasteiger partial charge in [-0.15, -0.1) is 0 Å². The zero-order valence-electron chi connectivity index (χ0n) is 25.3. The first-order valence-electron chi connectivity index (χ1n) is 14.0. The highest BCUT2D eigenvalue weighted by Crippen LogP contribution is 2.25. The maximum Gasteiger partial charge on any atom is 0.339 e. The summed E-state index contributed by atoms with van der Waals surface area (Å²) < 4.78 is 15.8. The molecule has 7 heteroatoms. The van der Waals surface area contributed by atoms with Gasteiger partial charge in [0.25, 0.3) is 0 Å². The minimum absolute atomic E-state index is 0.112. The molecule has 0 aliphatic carbocycles. The van der Waals surface area contributed by atoms with Crippen molar-refractivity contribution in [2.24, 2.45) is 16.2 Å². The van der Waals surface area contributed by atoms with Crippen LogP contribution in [0.5, 0.6) is 0 Å². The highest BCUT2D eigenvalue weighted by molar-refractivity contribution is 5.90. The van der Waals surface area contributed by atoms with Crippen molar-refractivity contribution in [3.8, 4) is 0 Å². The van der Waals surface area contributed by atoms with Crippen LogP contribution in [-0.4, -0.2) is 48.4 Å². The third-order valence-corrected chi connectivity index (χ3v) is 5.98. The molecule has 0 saturated carbocycles. The van der Waals surface area contributed by atoms with Crippen molar-refractivity contribution in [1.29, 1.82) is 0 Å². The lowest BCUT2D eigenvalue weighted by atomic mass is 9.90. The van der Waals surface area contributed by atoms with E-state index in [0.29, 0.717) is 19.3 Å². The van der Waals surface area contributed by atoms with Gasteiger partial charge >= 0.3 is 17.9 Å². The molecule has 0 bridgehead atoms. The lowest BCUT2D eigenvalue weighted by Crippen LogP contribution is -2.45. The van der Waals surface area contributed by atoms with Gasteiger partial charge in [-0.2, -0.15) is 0 Å². The predicted octanol–water partition coefficient (Wildman–Crippen LogP) is 6.78. The van der Waals surface area contributed by atoms with E-state index in [0.717, 1.165) is 38.5 Å². The fraction of sp³-hybridized carbons (Fsp3) is 0.900. The van der Waals surface area contributed by atoms with Crippen molar-refractivity contribution in [2.45, 2.75) is 139 Å². The van der Waals surface area contributed by atoms with Gasteiger partial charge in [-0.1, -0.05) is 62.3 Å². The summed E-state index contributed by atoms with van der Waals surface area (Å²) in [5.74, 6) is -2.46. The molecule has 0 heterocycles. The summed E-state index contributed by atoms with van der Waals surface area (Å²) in [6, 6.07) is 0. The van der Waals surface area contributed by atoms with Crippen molar-refractivity contribution in [3.63, 3.8) is 0 Å². The van der Waals surface area contributed by atoms with Gasteiger partial charge in [-0.25, -0.2) is 4.79 Å². The lowest BCUT2D eigenvalue weighted by Gasteiger charge is -2.25. The van der Waals surface area contributed by atoms with Crippen LogP contribution in [0.25, 0.3) is 0 Å². The maximum atomic E-state index is 12.8. The van der Waals surface area contributed by atoms with Crippen molar-refractivity contribution >= 4 is 17.9 Å². The van der Waals surface area contributed by atoms with E-state index in [1.54, 1.807) is 0 Å². The largest absolute Gasteiger partial charge is 0.466 e. The summed E-state index contributed by atoms with van der Waals surface area (Å²) in [6.07, 6.45) is 6.36. The predicted molar refractivity (Wildman–Crippen MR) is 147 cm³/mol. The van der Waals surface area contributed by atoms with Gasteiger partial charge < -0.3 is 19.3 Å². The van der Waals surface area contributed by atoms with Crippen LogP contribution in [0.3, 0.4) is 0 Å². The second-order valence-electron chi connectivity index (χ2n) is 14.0. The standard InChI is InChI=1S/C30H56O7/c1-27(2,3)16-10-13-19-35-24(31)22-30(34,26(33)37-21-15-12-18-29(7,8)9)23-25(32)36-20-14-11-17-28(4,5)6/h34H,10-23H2,1-9H3. The number of rotatable bonds is 17. The Balaban J connectivity index is 4.87. The van der Waals surface area contributed by atoms with E-state index in [1.807, 2.05) is 0 Å². The van der Waals surface area contributed by atoms with E-state index in [9.17, 15) is 19.5 Å². The third-order valence-electron chi connectivity index (χ3n) is 5.98. The first kappa shape index (κ1) is 35.4. The Morgan fingerprint density at radius 2 is 0.811 bits per heavy atom. The summed E-state index contributed by atoms with van der Waals surface area (Å²) in [5, 5.41) is 11.0. The van der Waals surface area contributed by atoms with Crippen molar-refractivity contribution in [1.82, 2.24) is 0 Å². The number of esters is 3. The highest BCUT2D eigenvalue weighted by atomic mass is 16.6. The topological polar surface area (TPSA) is 99.1 Å². The molecule has 0 unspecified atom stereocenters. The molecule has 0 fully saturated rings. The molecule has 7 nitrogen and oxygen atoms in total. The molecule has 0 aliphatic heterocycles. The van der Waals surface area contributed by atoms with Crippen LogP contribution in [0.1, 0.15) is 133 Å². The van der Waals surface area contributed by atoms with Gasteiger partial charge in [0.15, 0.2) is 5.60 Å². The van der Waals surface area contributed by atoms with Gasteiger partial charge in [0.1, 0.15) is 0 Å². The molecule has 0 rings (SSSR count). The Kier molecular flexibility index (Phi) is 15.6. The van der Waals surface area contributed by atoms with Crippen LogP contribution in [0.4, 0.5) is 0 Å². The number of hydrogen-bond acceptors (Lipinski definition) is 7. The zero-order chi connectivity index (χ0) is 28.8. The molecule has 0 atom stereocenters. The van der Waals surface area contributed by atoms with E-state index in [-0.39, 0.29) is 36.1 Å². The smallest absolute Gasteiger partial charge is 0.339 e. The maximum absolute atomic E-state index is 12.8. The lowest BCUT2D eigenvalue weighted by molar-refractivity contribution is -0.178. The molecule has 37 heavy (non-hydrogen) atoms. The molecule has 0 aromatic heterocycles. The van der Waals surface area contributed by atoms with Crippen molar-refractivity contribution in [3.05, 3.63) is 0 Å². The number of unbranched alkanes of at least 4 members (excludes halogenated alkanes) is 3. The monoisotopic (exact) mass is 528 g/mol. The van der Waals surface area contributed by atoms with Crippen LogP contribution >= 0.6 is 0 Å². The molecular weight excluding hydrogens is 472 g/mol. The van der Waals surface area contributed by atoms with Crippen molar-refractivity contribution < 1.29 is 33.7 Å². The summed E-state index contributed by atoms with van der Waals surface area (Å²) in [7, 11) is 0. The van der Waals surface area contributed by atoms with Crippen LogP contribution < -0.4 is 0 Å². The average Bonchev–Trinajstić information content (AvgIpc) is 2.70. The normalized spacial score (nSPS) is 12.8. The Morgan fingerprint density at radius 3 is 1.11 bits per heavy atom. The molecule has 218 valence electrons. The van der Waals surface area contributed by atoms with E-state index in [1.165, 1.54) is 0 Å². The van der Waals surface area contributed by atoms with Crippen LogP contribution in [0, 0.1) is 16.2 Å². The number of carbonyl (C=O) groups is 3. The summed E-state index contributed by atoms with van der Waals surface area (Å²) in [6.45, 7) is 19.8. The highest BCUT2D eigenvalue weighted by Gasteiger charge is 2.43. The number of hydrogen-bond donors (Lipinski definition) is 1. The fourth-order valence-electron chi connectivity index (χ4n) is 3.73. The van der Waals surface area contributed by atoms with E-state index in [4.69, 9.17) is 14.2 Å². The SMILES string of the molecule is CC(C)(C)CCCCOC(=O)CC(O)(CC(=O)OCCCCC(C)(C)C)C(=O)OCCCCC(C)(C)C. The van der Waals surface area contributed by atoms with Gasteiger partial charge in [-0.05, 0) is 74.0 Å². The molecule has 0 aliphatic rings. The molecule has 0 aromatic rings. The number of ether oxygens (including phenoxy) is 3. The number of aliphatic hydroxyl groups is 1. The first-order chi connectivity index (χ1) is 16.8. The van der Waals surface area contributed by atoms with Crippen molar-refractivity contribution in [2.75, 3.05) is 19.8 Å². The second-order valence-corrected chi connectivity index (χ2v) is 14.0. The summed E-state index contributed by atoms with van der Waals surface area (Å²) in [4.78, 5) is 37.7. The molecule has 0 aromatic carbocycles. The molecule has 0 amide bonds. The van der Waals surface area contributed by atoms with Crippen LogP contribution in [0.2, 0.25) is 0 Å². The summed E-state index contributed by atoms with van der Waals surface area (Å²) in [5.41, 5.74) is -1.73. The van der Waals surface area contributed by atoms with Gasteiger partial charge in [0.05, 0.1) is 32.7 Å². The molecular formula is C30H56O7. The first-order valence-corrected chi connectivity index (χ1v) is 14.0. The molecule has 0 radical (unpaired) electrons. The summed E-state index contributed by atoms with van der Waals surface area (Å²) >= 11 is 0. The molecule has 0 saturated heterocycles. The van der Waals surface area contributed by atoms with E-state index >= 15 is 0 Å².